The Kier molecular flexibility index (Phi) is 4.75. The highest BCUT2D eigenvalue weighted by Gasteiger charge is 2.29. The summed E-state index contributed by atoms with van der Waals surface area (Å²) < 4.78 is 9.90. The molecular formula is C24H26N6OS. The van der Waals surface area contributed by atoms with Gasteiger partial charge >= 0.3 is 0 Å². The molecule has 8 heteroatoms. The van der Waals surface area contributed by atoms with E-state index in [1.54, 1.807) is 18.4 Å². The lowest BCUT2D eigenvalue weighted by molar-refractivity contribution is 0.413. The van der Waals surface area contributed by atoms with Crippen molar-refractivity contribution in [1.82, 2.24) is 24.3 Å². The zero-order valence-electron chi connectivity index (χ0n) is 18.4. The fraction of sp³-hybridized carbons (Fsp3) is 0.375. The molecule has 0 atom stereocenters. The van der Waals surface area contributed by atoms with Crippen LogP contribution in [0.1, 0.15) is 36.2 Å². The molecule has 7 nitrogen and oxygen atoms in total. The monoisotopic (exact) mass is 446 g/mol. The molecule has 0 unspecified atom stereocenters. The Hall–Kier alpha value is -3.13. The molecule has 2 aliphatic rings. The van der Waals surface area contributed by atoms with Crippen molar-refractivity contribution < 1.29 is 4.74 Å². The Labute approximate surface area is 191 Å². The number of rotatable bonds is 4. The van der Waals surface area contributed by atoms with E-state index in [4.69, 9.17) is 14.8 Å². The van der Waals surface area contributed by atoms with E-state index in [1.165, 1.54) is 29.9 Å². The molecule has 1 aliphatic heterocycles. The van der Waals surface area contributed by atoms with Gasteiger partial charge in [0, 0.05) is 35.8 Å². The summed E-state index contributed by atoms with van der Waals surface area (Å²) in [5, 5.41) is 8.11. The predicted molar refractivity (Wildman–Crippen MR) is 126 cm³/mol. The fourth-order valence-electron chi connectivity index (χ4n) is 4.84. The third-order valence-corrected chi connectivity index (χ3v) is 7.25. The number of thiazole rings is 1. The predicted octanol–water partition coefficient (Wildman–Crippen LogP) is 4.93. The number of hydrogen-bond donors (Lipinski definition) is 0. The molecule has 164 valence electrons. The maximum absolute atomic E-state index is 5.70. The molecule has 3 aromatic heterocycles. The van der Waals surface area contributed by atoms with E-state index in [9.17, 15) is 0 Å². The number of hydrogen-bond acceptors (Lipinski definition) is 6. The molecule has 0 radical (unpaired) electrons. The topological polar surface area (TPSA) is 61.0 Å². The minimum absolute atomic E-state index is 0.805. The van der Waals surface area contributed by atoms with Crippen molar-refractivity contribution in [3.63, 3.8) is 0 Å². The van der Waals surface area contributed by atoms with Crippen LogP contribution in [0.2, 0.25) is 0 Å². The van der Waals surface area contributed by atoms with Crippen molar-refractivity contribution >= 4 is 22.3 Å². The molecule has 6 rings (SSSR count). The lowest BCUT2D eigenvalue weighted by Gasteiger charge is -2.28. The van der Waals surface area contributed by atoms with Crippen LogP contribution in [0.4, 0.5) is 10.9 Å². The van der Waals surface area contributed by atoms with Crippen molar-refractivity contribution in [2.24, 2.45) is 0 Å². The lowest BCUT2D eigenvalue weighted by Crippen LogP contribution is -2.28. The molecule has 1 aliphatic carbocycles. The molecule has 0 amide bonds. The average molecular weight is 447 g/mol. The molecule has 1 aromatic carbocycles. The molecule has 4 aromatic rings. The van der Waals surface area contributed by atoms with Crippen LogP contribution in [0.5, 0.6) is 5.75 Å². The summed E-state index contributed by atoms with van der Waals surface area (Å²) in [4.78, 5) is 11.8. The summed E-state index contributed by atoms with van der Waals surface area (Å²) in [6, 6.07) is 6.24. The molecule has 0 N–H and O–H groups in total. The Bertz CT molecular complexity index is 1290. The van der Waals surface area contributed by atoms with Crippen LogP contribution in [-0.2, 0) is 19.4 Å². The van der Waals surface area contributed by atoms with Gasteiger partial charge in [0.2, 0.25) is 0 Å². The molecule has 0 bridgehead atoms. The van der Waals surface area contributed by atoms with E-state index >= 15 is 0 Å². The van der Waals surface area contributed by atoms with Gasteiger partial charge in [0.1, 0.15) is 11.6 Å². The van der Waals surface area contributed by atoms with E-state index in [-0.39, 0.29) is 0 Å². The molecule has 0 saturated carbocycles. The van der Waals surface area contributed by atoms with Gasteiger partial charge in [-0.1, -0.05) is 6.07 Å². The summed E-state index contributed by atoms with van der Waals surface area (Å²) in [5.41, 5.74) is 6.71. The first-order valence-electron chi connectivity index (χ1n) is 11.2. The van der Waals surface area contributed by atoms with Crippen LogP contribution in [0.25, 0.3) is 16.9 Å². The highest BCUT2D eigenvalue weighted by molar-refractivity contribution is 7.14. The van der Waals surface area contributed by atoms with Crippen molar-refractivity contribution in [3.05, 3.63) is 53.1 Å². The van der Waals surface area contributed by atoms with E-state index in [0.29, 0.717) is 0 Å². The maximum atomic E-state index is 5.70. The van der Waals surface area contributed by atoms with Gasteiger partial charge in [-0.25, -0.2) is 14.6 Å². The summed E-state index contributed by atoms with van der Waals surface area (Å²) in [6.07, 6.45) is 9.65. The normalized spacial score (nSPS) is 15.5. The number of nitrogens with zero attached hydrogens (tertiary/aromatic N) is 6. The smallest absolute Gasteiger partial charge is 0.191 e. The first-order chi connectivity index (χ1) is 15.7. The van der Waals surface area contributed by atoms with Crippen molar-refractivity contribution in [2.45, 2.75) is 45.6 Å². The fourth-order valence-corrected chi connectivity index (χ4v) is 5.70. The standard InChI is InChI=1S/C24H26N6OS/c1-16-13-28(15-25-16)21-9-8-17(12-22(21)31-2)20-14-32-24(26-20)29-10-5-11-30-23(29)18-6-3-4-7-19(18)27-30/h8-9,12-15H,3-7,10-11H2,1-2H3. The number of ether oxygens (including phenoxy) is 1. The van der Waals surface area contributed by atoms with Gasteiger partial charge in [0.25, 0.3) is 0 Å². The summed E-state index contributed by atoms with van der Waals surface area (Å²) in [6.45, 7) is 3.98. The molecule has 0 fully saturated rings. The molecule has 4 heterocycles. The Morgan fingerprint density at radius 3 is 2.84 bits per heavy atom. The lowest BCUT2D eigenvalue weighted by atomic mass is 9.97. The van der Waals surface area contributed by atoms with Crippen LogP contribution in [0.15, 0.2) is 36.1 Å². The second-order valence-corrected chi connectivity index (χ2v) is 9.35. The van der Waals surface area contributed by atoms with Crippen LogP contribution >= 0.6 is 11.3 Å². The van der Waals surface area contributed by atoms with Crippen LogP contribution < -0.4 is 9.64 Å². The van der Waals surface area contributed by atoms with Gasteiger partial charge in [0.05, 0.1) is 36.2 Å². The summed E-state index contributed by atoms with van der Waals surface area (Å²) in [7, 11) is 1.71. The number of methoxy groups -OCH3 is 1. The minimum atomic E-state index is 0.805. The number of aromatic nitrogens is 5. The zero-order chi connectivity index (χ0) is 21.7. The Balaban J connectivity index is 1.35. The highest BCUT2D eigenvalue weighted by atomic mass is 32.1. The number of imidazole rings is 1. The molecule has 32 heavy (non-hydrogen) atoms. The van der Waals surface area contributed by atoms with Crippen LogP contribution in [0.3, 0.4) is 0 Å². The third kappa shape index (κ3) is 3.21. The molecular weight excluding hydrogens is 420 g/mol. The molecule has 0 spiro atoms. The van der Waals surface area contributed by atoms with Gasteiger partial charge in [-0.3, -0.25) is 0 Å². The van der Waals surface area contributed by atoms with Gasteiger partial charge in [-0.15, -0.1) is 11.3 Å². The minimum Gasteiger partial charge on any atom is -0.495 e. The number of aryl methyl sites for hydroxylation is 3. The van der Waals surface area contributed by atoms with Crippen molar-refractivity contribution in [3.8, 4) is 22.7 Å². The van der Waals surface area contributed by atoms with Crippen molar-refractivity contribution in [2.75, 3.05) is 18.6 Å². The largest absolute Gasteiger partial charge is 0.495 e. The molecule has 0 saturated heterocycles. The van der Waals surface area contributed by atoms with Crippen molar-refractivity contribution in [1.29, 1.82) is 0 Å². The van der Waals surface area contributed by atoms with E-state index in [2.05, 4.69) is 38.1 Å². The Morgan fingerprint density at radius 2 is 2.00 bits per heavy atom. The first kappa shape index (κ1) is 19.5. The maximum Gasteiger partial charge on any atom is 0.191 e. The van der Waals surface area contributed by atoms with Gasteiger partial charge in [0.15, 0.2) is 5.13 Å². The van der Waals surface area contributed by atoms with Crippen LogP contribution in [0, 0.1) is 6.92 Å². The number of anilines is 2. The number of benzene rings is 1. The average Bonchev–Trinajstić information content (AvgIpc) is 3.56. The van der Waals surface area contributed by atoms with E-state index in [1.807, 2.05) is 24.0 Å². The first-order valence-corrected chi connectivity index (χ1v) is 12.1. The zero-order valence-corrected chi connectivity index (χ0v) is 19.2. The Morgan fingerprint density at radius 1 is 1.09 bits per heavy atom. The van der Waals surface area contributed by atoms with Gasteiger partial charge < -0.3 is 14.2 Å². The SMILES string of the molecule is COc1cc(-c2csc(N3CCCn4nc5c(c43)CCCC5)n2)ccc1-n1cnc(C)c1. The second-order valence-electron chi connectivity index (χ2n) is 8.51. The van der Waals surface area contributed by atoms with Crippen LogP contribution in [-0.4, -0.2) is 38.0 Å². The van der Waals surface area contributed by atoms with Gasteiger partial charge in [-0.2, -0.15) is 5.10 Å². The summed E-state index contributed by atoms with van der Waals surface area (Å²) >= 11 is 1.70. The quantitative estimate of drug-likeness (QED) is 0.445. The number of fused-ring (bicyclic) bond motifs is 3. The van der Waals surface area contributed by atoms with E-state index in [0.717, 1.165) is 65.9 Å². The third-order valence-electron chi connectivity index (χ3n) is 6.39. The summed E-state index contributed by atoms with van der Waals surface area (Å²) in [5.74, 6) is 2.08. The van der Waals surface area contributed by atoms with E-state index < -0.39 is 0 Å². The highest BCUT2D eigenvalue weighted by Crippen LogP contribution is 2.40. The van der Waals surface area contributed by atoms with Gasteiger partial charge in [-0.05, 0) is 51.2 Å². The second kappa shape index (κ2) is 7.78.